The predicted molar refractivity (Wildman–Crippen MR) is 150 cm³/mol. The Morgan fingerprint density at radius 2 is 1.70 bits per heavy atom. The van der Waals surface area contributed by atoms with Crippen LogP contribution in [0.15, 0.2) is 59.5 Å². The molecule has 0 aromatic heterocycles. The van der Waals surface area contributed by atoms with Gasteiger partial charge in [-0.1, -0.05) is 42.5 Å². The summed E-state index contributed by atoms with van der Waals surface area (Å²) in [6.07, 6.45) is 1.80. The molecule has 5 nitrogen and oxygen atoms in total. The van der Waals surface area contributed by atoms with Gasteiger partial charge in [-0.05, 0) is 108 Å². The van der Waals surface area contributed by atoms with Gasteiger partial charge >= 0.3 is 5.97 Å². The number of aliphatic carboxylic acids is 1. The first-order chi connectivity index (χ1) is 17.8. The number of rotatable bonds is 6. The van der Waals surface area contributed by atoms with E-state index in [0.717, 1.165) is 80.6 Å². The van der Waals surface area contributed by atoms with Crippen LogP contribution in [0.25, 0.3) is 21.9 Å². The Morgan fingerprint density at radius 3 is 2.49 bits per heavy atom. The number of hydrogen-bond donors (Lipinski definition) is 2. The molecule has 1 heterocycles. The van der Waals surface area contributed by atoms with E-state index in [1.807, 2.05) is 75.4 Å². The lowest BCUT2D eigenvalue weighted by atomic mass is 9.83. The highest BCUT2D eigenvalue weighted by molar-refractivity contribution is 7.86. The van der Waals surface area contributed by atoms with Gasteiger partial charge in [0.25, 0.3) is 0 Å². The average molecular weight is 514 g/mol. The molecule has 0 bridgehead atoms. The van der Waals surface area contributed by atoms with Crippen LogP contribution in [0.5, 0.6) is 5.75 Å². The van der Waals surface area contributed by atoms with E-state index in [2.05, 4.69) is 11.6 Å². The zero-order valence-corrected chi connectivity index (χ0v) is 22.4. The summed E-state index contributed by atoms with van der Waals surface area (Å²) in [6, 6.07) is 17.7. The maximum Gasteiger partial charge on any atom is 0.307 e. The third-order valence-corrected chi connectivity index (χ3v) is 8.71. The van der Waals surface area contributed by atoms with E-state index in [-0.39, 0.29) is 6.42 Å². The predicted octanol–water partition coefficient (Wildman–Crippen LogP) is 6.83. The second-order valence-corrected chi connectivity index (χ2v) is 10.9. The number of ether oxygens (including phenoxy) is 1. The molecule has 190 valence electrons. The van der Waals surface area contributed by atoms with Gasteiger partial charge in [0.15, 0.2) is 11.0 Å². The van der Waals surface area contributed by atoms with Crippen molar-refractivity contribution in [2.24, 2.45) is 0 Å². The molecule has 2 N–H and O–H groups in total. The number of nitrogens with one attached hydrogen (secondary N) is 1. The standard InChI is InChI=1S/C31H31NO4S/c1-18-19(2)31(32-37(35)28-13-7-10-22-9-5-6-11-25(22)28)21(4)26(17-29(33)34)30(18)24-14-15-27-23(20(24)3)12-8-16-36-27/h5-7,9-11,13-15,32H,8,12,16-17H2,1-4H3,(H,33,34). The van der Waals surface area contributed by atoms with Crippen LogP contribution in [0.2, 0.25) is 0 Å². The Kier molecular flexibility index (Phi) is 6.78. The third kappa shape index (κ3) is 4.51. The number of benzene rings is 4. The van der Waals surface area contributed by atoms with Crippen LogP contribution in [0.3, 0.4) is 0 Å². The number of fused-ring (bicyclic) bond motifs is 2. The number of carboxylic acid groups (broad SMARTS) is 1. The molecule has 0 aliphatic carbocycles. The van der Waals surface area contributed by atoms with Crippen LogP contribution >= 0.6 is 0 Å². The van der Waals surface area contributed by atoms with Gasteiger partial charge in [0, 0.05) is 0 Å². The highest BCUT2D eigenvalue weighted by atomic mass is 32.2. The minimum Gasteiger partial charge on any atom is -0.493 e. The van der Waals surface area contributed by atoms with E-state index in [1.165, 1.54) is 5.56 Å². The Bertz CT molecular complexity index is 1570. The van der Waals surface area contributed by atoms with Crippen molar-refractivity contribution >= 4 is 33.4 Å². The molecule has 4 aromatic rings. The van der Waals surface area contributed by atoms with Crippen molar-refractivity contribution in [3.05, 3.63) is 88.0 Å². The van der Waals surface area contributed by atoms with E-state index in [0.29, 0.717) is 4.90 Å². The van der Waals surface area contributed by atoms with E-state index in [9.17, 15) is 14.1 Å². The second-order valence-electron chi connectivity index (χ2n) is 9.69. The van der Waals surface area contributed by atoms with Crippen molar-refractivity contribution in [2.75, 3.05) is 11.3 Å². The summed E-state index contributed by atoms with van der Waals surface area (Å²) in [5.41, 5.74) is 8.53. The topological polar surface area (TPSA) is 75.6 Å². The SMILES string of the molecule is Cc1c(-c2c(C)c(C)c(NS(=O)c3cccc4ccccc34)c(C)c2CC(=O)O)ccc2c1CCCO2. The normalized spacial score (nSPS) is 13.6. The highest BCUT2D eigenvalue weighted by Crippen LogP contribution is 2.42. The molecule has 1 aliphatic heterocycles. The van der Waals surface area contributed by atoms with Crippen molar-refractivity contribution in [2.45, 2.75) is 51.9 Å². The van der Waals surface area contributed by atoms with Gasteiger partial charge in [0.1, 0.15) is 5.75 Å². The minimum atomic E-state index is -1.53. The zero-order valence-electron chi connectivity index (χ0n) is 21.6. The van der Waals surface area contributed by atoms with Crippen molar-refractivity contribution in [1.82, 2.24) is 0 Å². The molecule has 37 heavy (non-hydrogen) atoms. The molecule has 0 fully saturated rings. The first-order valence-electron chi connectivity index (χ1n) is 12.5. The quantitative estimate of drug-likeness (QED) is 0.296. The van der Waals surface area contributed by atoms with Gasteiger partial charge < -0.3 is 14.6 Å². The molecule has 4 aromatic carbocycles. The van der Waals surface area contributed by atoms with Gasteiger partial charge in [0.2, 0.25) is 0 Å². The van der Waals surface area contributed by atoms with Crippen molar-refractivity contribution in [3.63, 3.8) is 0 Å². The van der Waals surface area contributed by atoms with Crippen LogP contribution in [0, 0.1) is 27.7 Å². The Hall–Kier alpha value is -3.64. The third-order valence-electron chi connectivity index (χ3n) is 7.57. The fraction of sp³-hybridized carbons (Fsp3) is 0.258. The molecule has 0 radical (unpaired) electrons. The Labute approximate surface area is 220 Å². The van der Waals surface area contributed by atoms with E-state index in [4.69, 9.17) is 4.74 Å². The molecular weight excluding hydrogens is 482 g/mol. The minimum absolute atomic E-state index is 0.120. The smallest absolute Gasteiger partial charge is 0.307 e. The van der Waals surface area contributed by atoms with Crippen LogP contribution in [0.1, 0.15) is 39.8 Å². The van der Waals surface area contributed by atoms with Crippen LogP contribution in [-0.4, -0.2) is 21.9 Å². The molecule has 1 atom stereocenters. The van der Waals surface area contributed by atoms with Gasteiger partial charge in [0.05, 0.1) is 23.6 Å². The van der Waals surface area contributed by atoms with E-state index >= 15 is 0 Å². The van der Waals surface area contributed by atoms with Crippen molar-refractivity contribution < 1.29 is 18.8 Å². The van der Waals surface area contributed by atoms with Crippen LogP contribution in [-0.2, 0) is 28.6 Å². The largest absolute Gasteiger partial charge is 0.493 e. The molecule has 1 unspecified atom stereocenters. The number of hydrogen-bond acceptors (Lipinski definition) is 3. The lowest BCUT2D eigenvalue weighted by Gasteiger charge is -2.26. The molecule has 5 rings (SSSR count). The van der Waals surface area contributed by atoms with Crippen LogP contribution < -0.4 is 9.46 Å². The fourth-order valence-electron chi connectivity index (χ4n) is 5.50. The molecule has 0 amide bonds. The first-order valence-corrected chi connectivity index (χ1v) is 13.7. The van der Waals surface area contributed by atoms with Gasteiger partial charge in [-0.3, -0.25) is 4.79 Å². The lowest BCUT2D eigenvalue weighted by molar-refractivity contribution is -0.136. The summed E-state index contributed by atoms with van der Waals surface area (Å²) in [6.45, 7) is 8.78. The number of carbonyl (C=O) groups is 1. The summed E-state index contributed by atoms with van der Waals surface area (Å²) in [5, 5.41) is 11.8. The maximum atomic E-state index is 13.6. The Morgan fingerprint density at radius 1 is 0.946 bits per heavy atom. The second kappa shape index (κ2) is 10.0. The monoisotopic (exact) mass is 513 g/mol. The number of anilines is 1. The van der Waals surface area contributed by atoms with Gasteiger partial charge in [-0.15, -0.1) is 0 Å². The molecular formula is C31H31NO4S. The summed E-state index contributed by atoms with van der Waals surface area (Å²) in [7, 11) is -1.53. The molecule has 1 aliphatic rings. The van der Waals surface area contributed by atoms with E-state index in [1.54, 1.807) is 0 Å². The van der Waals surface area contributed by atoms with Gasteiger partial charge in [-0.25, -0.2) is 4.21 Å². The summed E-state index contributed by atoms with van der Waals surface area (Å²) >= 11 is 0. The van der Waals surface area contributed by atoms with Gasteiger partial charge in [-0.2, -0.15) is 0 Å². The zero-order chi connectivity index (χ0) is 26.3. The Balaban J connectivity index is 1.65. The molecule has 0 saturated heterocycles. The van der Waals surface area contributed by atoms with Crippen LogP contribution in [0.4, 0.5) is 5.69 Å². The first kappa shape index (κ1) is 25.0. The van der Waals surface area contributed by atoms with E-state index < -0.39 is 17.0 Å². The van der Waals surface area contributed by atoms with Crippen molar-refractivity contribution in [1.29, 1.82) is 0 Å². The average Bonchev–Trinajstić information content (AvgIpc) is 2.90. The van der Waals surface area contributed by atoms with Crippen molar-refractivity contribution in [3.8, 4) is 16.9 Å². The maximum absolute atomic E-state index is 13.6. The molecule has 0 saturated carbocycles. The molecule has 0 spiro atoms. The summed E-state index contributed by atoms with van der Waals surface area (Å²) in [5.74, 6) is 0.0230. The summed E-state index contributed by atoms with van der Waals surface area (Å²) in [4.78, 5) is 12.7. The summed E-state index contributed by atoms with van der Waals surface area (Å²) < 4.78 is 22.7. The fourth-order valence-corrected chi connectivity index (χ4v) is 6.68. The highest BCUT2D eigenvalue weighted by Gasteiger charge is 2.25. The number of carboxylic acids is 1. The lowest BCUT2D eigenvalue weighted by Crippen LogP contribution is -2.14. The molecule has 6 heteroatoms.